The van der Waals surface area contributed by atoms with Crippen LogP contribution in [0.1, 0.15) is 15.9 Å². The van der Waals surface area contributed by atoms with Crippen LogP contribution in [0.25, 0.3) is 6.08 Å². The van der Waals surface area contributed by atoms with Crippen LogP contribution in [0, 0.1) is 0 Å². The van der Waals surface area contributed by atoms with Gasteiger partial charge in [0.15, 0.2) is 17.3 Å². The maximum Gasteiger partial charge on any atom is 0.414 e. The van der Waals surface area contributed by atoms with Crippen LogP contribution in [0.3, 0.4) is 0 Å². The molecule has 1 amide bonds. The van der Waals surface area contributed by atoms with Gasteiger partial charge < -0.3 is 19.1 Å². The van der Waals surface area contributed by atoms with Crippen LogP contribution in [0.2, 0.25) is 0 Å². The molecule has 0 radical (unpaired) electrons. The predicted octanol–water partition coefficient (Wildman–Crippen LogP) is 3.66. The minimum absolute atomic E-state index is 0.180. The van der Waals surface area contributed by atoms with Gasteiger partial charge in [0.2, 0.25) is 0 Å². The number of hydrogen-bond acceptors (Lipinski definition) is 5. The van der Waals surface area contributed by atoms with E-state index in [1.807, 2.05) is 0 Å². The first-order valence-corrected chi connectivity index (χ1v) is 7.89. The Hall–Kier alpha value is -3.28. The zero-order valence-corrected chi connectivity index (χ0v) is 15.2. The average molecular weight is 355 g/mol. The van der Waals surface area contributed by atoms with Crippen molar-refractivity contribution in [3.05, 3.63) is 59.7 Å². The second-order valence-corrected chi connectivity index (χ2v) is 5.57. The molecule has 0 fully saturated rings. The molecule has 0 unspecified atom stereocenters. The number of para-hydroxylation sites is 1. The Morgan fingerprint density at radius 3 is 2.23 bits per heavy atom. The molecule has 6 heteroatoms. The van der Waals surface area contributed by atoms with E-state index in [4.69, 9.17) is 14.2 Å². The van der Waals surface area contributed by atoms with E-state index in [0.717, 1.165) is 0 Å². The third-order valence-electron chi connectivity index (χ3n) is 3.57. The van der Waals surface area contributed by atoms with Crippen molar-refractivity contribution in [3.63, 3.8) is 0 Å². The maximum atomic E-state index is 12.3. The summed E-state index contributed by atoms with van der Waals surface area (Å²) in [6, 6.07) is 12.0. The molecule has 136 valence electrons. The third kappa shape index (κ3) is 4.63. The largest absolute Gasteiger partial charge is 0.497 e. The zero-order valence-electron chi connectivity index (χ0n) is 15.2. The number of rotatable bonds is 6. The van der Waals surface area contributed by atoms with E-state index < -0.39 is 6.09 Å². The van der Waals surface area contributed by atoms with Crippen LogP contribution < -0.4 is 14.2 Å². The lowest BCUT2D eigenvalue weighted by atomic mass is 10.1. The Morgan fingerprint density at radius 2 is 1.65 bits per heavy atom. The van der Waals surface area contributed by atoms with Crippen molar-refractivity contribution >= 4 is 18.0 Å². The van der Waals surface area contributed by atoms with E-state index >= 15 is 0 Å². The normalized spacial score (nSPS) is 10.5. The van der Waals surface area contributed by atoms with Gasteiger partial charge in [0, 0.05) is 25.2 Å². The number of hydrogen-bond donors (Lipinski definition) is 0. The minimum atomic E-state index is -0.536. The number of carbonyl (C=O) groups excluding carboxylic acids is 2. The quantitative estimate of drug-likeness (QED) is 0.584. The van der Waals surface area contributed by atoms with Crippen molar-refractivity contribution in [1.82, 2.24) is 4.90 Å². The Labute approximate surface area is 152 Å². The lowest BCUT2D eigenvalue weighted by Gasteiger charge is -2.15. The number of benzene rings is 2. The highest BCUT2D eigenvalue weighted by atomic mass is 16.6. The summed E-state index contributed by atoms with van der Waals surface area (Å²) in [4.78, 5) is 25.5. The van der Waals surface area contributed by atoms with E-state index in [1.54, 1.807) is 69.7 Å². The van der Waals surface area contributed by atoms with Crippen molar-refractivity contribution in [3.8, 4) is 17.2 Å². The van der Waals surface area contributed by atoms with E-state index in [1.165, 1.54) is 18.1 Å². The van der Waals surface area contributed by atoms with Crippen LogP contribution in [0.5, 0.6) is 17.2 Å². The van der Waals surface area contributed by atoms with E-state index in [2.05, 4.69) is 0 Å². The molecule has 0 atom stereocenters. The summed E-state index contributed by atoms with van der Waals surface area (Å²) in [5, 5.41) is 0. The number of allylic oxidation sites excluding steroid dienone is 1. The molecule has 2 aromatic rings. The van der Waals surface area contributed by atoms with E-state index in [0.29, 0.717) is 22.6 Å². The fraction of sp³-hybridized carbons (Fsp3) is 0.200. The minimum Gasteiger partial charge on any atom is -0.497 e. The van der Waals surface area contributed by atoms with Gasteiger partial charge in [-0.3, -0.25) is 4.79 Å². The molecule has 0 aliphatic heterocycles. The number of methoxy groups -OCH3 is 2. The van der Waals surface area contributed by atoms with E-state index in [-0.39, 0.29) is 11.5 Å². The van der Waals surface area contributed by atoms with Crippen LogP contribution in [0.4, 0.5) is 4.79 Å². The molecule has 0 bridgehead atoms. The van der Waals surface area contributed by atoms with Gasteiger partial charge >= 0.3 is 6.09 Å². The number of nitrogens with zero attached hydrogens (tertiary/aromatic N) is 1. The van der Waals surface area contributed by atoms with Gasteiger partial charge in [-0.2, -0.15) is 0 Å². The number of ether oxygens (including phenoxy) is 3. The molecule has 0 aromatic heterocycles. The average Bonchev–Trinajstić information content (AvgIpc) is 2.66. The highest BCUT2D eigenvalue weighted by Gasteiger charge is 2.15. The van der Waals surface area contributed by atoms with Crippen LogP contribution in [-0.2, 0) is 0 Å². The molecule has 0 N–H and O–H groups in total. The Kier molecular flexibility index (Phi) is 6.38. The fourth-order valence-electron chi connectivity index (χ4n) is 2.13. The molecule has 0 spiro atoms. The Morgan fingerprint density at radius 1 is 0.962 bits per heavy atom. The van der Waals surface area contributed by atoms with Crippen LogP contribution >= 0.6 is 0 Å². The van der Waals surface area contributed by atoms with Crippen molar-refractivity contribution in [1.29, 1.82) is 0 Å². The van der Waals surface area contributed by atoms with Gasteiger partial charge in [-0.15, -0.1) is 0 Å². The zero-order chi connectivity index (χ0) is 19.1. The predicted molar refractivity (Wildman–Crippen MR) is 99.1 cm³/mol. The summed E-state index contributed by atoms with van der Waals surface area (Å²) < 4.78 is 15.7. The molecule has 6 nitrogen and oxygen atoms in total. The van der Waals surface area contributed by atoms with Gasteiger partial charge in [0.1, 0.15) is 5.75 Å². The first-order chi connectivity index (χ1) is 12.5. The lowest BCUT2D eigenvalue weighted by molar-refractivity contribution is 0.104. The monoisotopic (exact) mass is 355 g/mol. The second-order valence-electron chi connectivity index (χ2n) is 5.57. The highest BCUT2D eigenvalue weighted by Crippen LogP contribution is 2.32. The summed E-state index contributed by atoms with van der Waals surface area (Å²) in [6.07, 6.45) is 2.47. The van der Waals surface area contributed by atoms with Gasteiger partial charge in [-0.1, -0.05) is 12.1 Å². The van der Waals surface area contributed by atoms with Gasteiger partial charge in [-0.25, -0.2) is 4.79 Å². The summed E-state index contributed by atoms with van der Waals surface area (Å²) in [5.74, 6) is 1.16. The van der Waals surface area contributed by atoms with Crippen LogP contribution in [-0.4, -0.2) is 45.1 Å². The van der Waals surface area contributed by atoms with Crippen LogP contribution in [0.15, 0.2) is 48.5 Å². The fourth-order valence-corrected chi connectivity index (χ4v) is 2.13. The van der Waals surface area contributed by atoms with Gasteiger partial charge in [-0.05, 0) is 42.5 Å². The third-order valence-corrected chi connectivity index (χ3v) is 3.57. The molecular weight excluding hydrogens is 334 g/mol. The first kappa shape index (κ1) is 19.1. The highest BCUT2D eigenvalue weighted by molar-refractivity contribution is 6.07. The standard InChI is InChI=1S/C20H21NO5/c1-21(2)20(23)26-19-15(6-5-7-18(19)25-4)10-13-17(22)14-8-11-16(24-3)12-9-14/h5-13H,1-4H3. The maximum absolute atomic E-state index is 12.3. The molecule has 0 aliphatic rings. The molecular formula is C20H21NO5. The van der Waals surface area contributed by atoms with Gasteiger partial charge in [0.25, 0.3) is 0 Å². The molecule has 26 heavy (non-hydrogen) atoms. The van der Waals surface area contributed by atoms with E-state index in [9.17, 15) is 9.59 Å². The topological polar surface area (TPSA) is 65.1 Å². The Balaban J connectivity index is 2.28. The number of carbonyl (C=O) groups is 2. The number of ketones is 1. The SMILES string of the molecule is COc1ccc(C(=O)C=Cc2cccc(OC)c2OC(=O)N(C)C)cc1. The summed E-state index contributed by atoms with van der Waals surface area (Å²) in [7, 11) is 6.22. The number of amides is 1. The molecule has 2 rings (SSSR count). The second kappa shape index (κ2) is 8.71. The summed E-state index contributed by atoms with van der Waals surface area (Å²) >= 11 is 0. The summed E-state index contributed by atoms with van der Waals surface area (Å²) in [5.41, 5.74) is 1.08. The first-order valence-electron chi connectivity index (χ1n) is 7.89. The molecule has 2 aromatic carbocycles. The molecule has 0 heterocycles. The van der Waals surface area contributed by atoms with Crippen molar-refractivity contribution < 1.29 is 23.8 Å². The molecule has 0 saturated carbocycles. The van der Waals surface area contributed by atoms with Crippen molar-refractivity contribution in [2.24, 2.45) is 0 Å². The van der Waals surface area contributed by atoms with Gasteiger partial charge in [0.05, 0.1) is 14.2 Å². The summed E-state index contributed by atoms with van der Waals surface area (Å²) in [6.45, 7) is 0. The van der Waals surface area contributed by atoms with Crippen molar-refractivity contribution in [2.45, 2.75) is 0 Å². The Bertz CT molecular complexity index is 809. The smallest absolute Gasteiger partial charge is 0.414 e. The lowest BCUT2D eigenvalue weighted by Crippen LogP contribution is -2.25. The van der Waals surface area contributed by atoms with Crippen molar-refractivity contribution in [2.75, 3.05) is 28.3 Å². The molecule has 0 saturated heterocycles. The molecule has 0 aliphatic carbocycles.